The van der Waals surface area contributed by atoms with Gasteiger partial charge < -0.3 is 0 Å². The second-order valence-corrected chi connectivity index (χ2v) is 4.79. The van der Waals surface area contributed by atoms with Crippen LogP contribution in [0.5, 0.6) is 0 Å². The molecule has 0 aromatic carbocycles. The largest absolute Gasteiger partial charge is 0.300 e. The Morgan fingerprint density at radius 2 is 1.80 bits per heavy atom. The lowest BCUT2D eigenvalue weighted by molar-refractivity contribution is -0.118. The molecule has 15 heavy (non-hydrogen) atoms. The molecule has 2 nitrogen and oxygen atoms in total. The lowest BCUT2D eigenvalue weighted by Crippen LogP contribution is -2.40. The number of carbonyl (C=O) groups is 1. The quantitative estimate of drug-likeness (QED) is 0.577. The molecular formula is C13H27NO. The van der Waals surface area contributed by atoms with Gasteiger partial charge in [-0.25, -0.2) is 0 Å². The average molecular weight is 213 g/mol. The van der Waals surface area contributed by atoms with Gasteiger partial charge in [0.1, 0.15) is 5.78 Å². The molecule has 0 saturated carbocycles. The van der Waals surface area contributed by atoms with E-state index in [1.54, 1.807) is 6.92 Å². The normalized spacial score (nSPS) is 13.5. The zero-order valence-corrected chi connectivity index (χ0v) is 11.0. The number of hydrogen-bond acceptors (Lipinski definition) is 2. The summed E-state index contributed by atoms with van der Waals surface area (Å²) in [4.78, 5) is 13.5. The Kier molecular flexibility index (Phi) is 7.67. The predicted octanol–water partition coefficient (Wildman–Crippen LogP) is 3.25. The molecule has 0 rings (SSSR count). The van der Waals surface area contributed by atoms with Crippen LogP contribution < -0.4 is 0 Å². The standard InChI is InChI=1S/C13H27NO/c1-6-7-8-9-14(11(2)3)12(4)10-13(5)15/h11-12H,6-10H2,1-5H3. The van der Waals surface area contributed by atoms with Gasteiger partial charge in [0, 0.05) is 18.5 Å². The van der Waals surface area contributed by atoms with Crippen molar-refractivity contribution in [2.24, 2.45) is 0 Å². The molecule has 0 radical (unpaired) electrons. The van der Waals surface area contributed by atoms with Crippen LogP contribution in [0.4, 0.5) is 0 Å². The average Bonchev–Trinajstić information content (AvgIpc) is 2.10. The Balaban J connectivity index is 4.06. The van der Waals surface area contributed by atoms with Gasteiger partial charge in [-0.2, -0.15) is 0 Å². The van der Waals surface area contributed by atoms with Crippen LogP contribution in [-0.2, 0) is 4.79 Å². The van der Waals surface area contributed by atoms with Crippen molar-refractivity contribution in [2.75, 3.05) is 6.54 Å². The minimum Gasteiger partial charge on any atom is -0.300 e. The molecule has 90 valence electrons. The summed E-state index contributed by atoms with van der Waals surface area (Å²) >= 11 is 0. The number of unbranched alkanes of at least 4 members (excludes halogenated alkanes) is 2. The number of rotatable bonds is 8. The molecule has 0 aliphatic heterocycles. The molecule has 1 atom stereocenters. The van der Waals surface area contributed by atoms with Crippen LogP contribution >= 0.6 is 0 Å². The van der Waals surface area contributed by atoms with E-state index in [0.717, 1.165) is 6.54 Å². The van der Waals surface area contributed by atoms with Crippen molar-refractivity contribution in [2.45, 2.75) is 72.4 Å². The van der Waals surface area contributed by atoms with Crippen LogP contribution in [-0.4, -0.2) is 29.3 Å². The van der Waals surface area contributed by atoms with E-state index >= 15 is 0 Å². The molecule has 0 amide bonds. The molecular weight excluding hydrogens is 186 g/mol. The van der Waals surface area contributed by atoms with Gasteiger partial charge in [-0.05, 0) is 40.7 Å². The second-order valence-electron chi connectivity index (χ2n) is 4.79. The van der Waals surface area contributed by atoms with E-state index in [1.165, 1.54) is 19.3 Å². The number of carbonyl (C=O) groups excluding carboxylic acids is 1. The second kappa shape index (κ2) is 7.86. The minimum atomic E-state index is 0.295. The van der Waals surface area contributed by atoms with Gasteiger partial charge in [0.05, 0.1) is 0 Å². The van der Waals surface area contributed by atoms with Crippen molar-refractivity contribution in [1.29, 1.82) is 0 Å². The molecule has 1 unspecified atom stereocenters. The first-order chi connectivity index (χ1) is 6.99. The van der Waals surface area contributed by atoms with Gasteiger partial charge in [0.2, 0.25) is 0 Å². The first-order valence-corrected chi connectivity index (χ1v) is 6.24. The maximum absolute atomic E-state index is 11.1. The molecule has 0 N–H and O–H groups in total. The fourth-order valence-corrected chi connectivity index (χ4v) is 2.07. The fourth-order valence-electron chi connectivity index (χ4n) is 2.07. The van der Waals surface area contributed by atoms with Crippen molar-refractivity contribution in [3.8, 4) is 0 Å². The topological polar surface area (TPSA) is 20.3 Å². The maximum Gasteiger partial charge on any atom is 0.131 e. The Bertz CT molecular complexity index is 177. The molecule has 0 saturated heterocycles. The number of hydrogen-bond donors (Lipinski definition) is 0. The van der Waals surface area contributed by atoms with Gasteiger partial charge in [-0.1, -0.05) is 19.8 Å². The molecule has 0 fully saturated rings. The molecule has 0 heterocycles. The van der Waals surface area contributed by atoms with E-state index in [0.29, 0.717) is 24.3 Å². The molecule has 2 heteroatoms. The molecule has 0 bridgehead atoms. The smallest absolute Gasteiger partial charge is 0.131 e. The van der Waals surface area contributed by atoms with E-state index in [1.807, 2.05) is 0 Å². The van der Waals surface area contributed by atoms with Gasteiger partial charge in [-0.3, -0.25) is 9.69 Å². The van der Waals surface area contributed by atoms with E-state index < -0.39 is 0 Å². The Hall–Kier alpha value is -0.370. The molecule has 0 aliphatic rings. The van der Waals surface area contributed by atoms with Crippen molar-refractivity contribution in [3.05, 3.63) is 0 Å². The third-order valence-electron chi connectivity index (χ3n) is 2.83. The van der Waals surface area contributed by atoms with Gasteiger partial charge >= 0.3 is 0 Å². The lowest BCUT2D eigenvalue weighted by atomic mass is 10.1. The van der Waals surface area contributed by atoms with Crippen molar-refractivity contribution < 1.29 is 4.79 Å². The molecule has 0 aromatic rings. The Morgan fingerprint density at radius 1 is 1.20 bits per heavy atom. The van der Waals surface area contributed by atoms with Crippen LogP contribution in [0.2, 0.25) is 0 Å². The summed E-state index contributed by atoms with van der Waals surface area (Å²) in [5, 5.41) is 0. The van der Waals surface area contributed by atoms with Crippen LogP contribution in [0.15, 0.2) is 0 Å². The third-order valence-corrected chi connectivity index (χ3v) is 2.83. The van der Waals surface area contributed by atoms with E-state index in [9.17, 15) is 4.79 Å². The van der Waals surface area contributed by atoms with Crippen LogP contribution in [0.1, 0.15) is 60.3 Å². The summed E-state index contributed by atoms with van der Waals surface area (Å²) in [6.45, 7) is 11.6. The Morgan fingerprint density at radius 3 is 2.20 bits per heavy atom. The van der Waals surface area contributed by atoms with Gasteiger partial charge in [0.25, 0.3) is 0 Å². The van der Waals surface area contributed by atoms with E-state index in [2.05, 4.69) is 32.6 Å². The minimum absolute atomic E-state index is 0.295. The highest BCUT2D eigenvalue weighted by molar-refractivity contribution is 5.76. The number of Topliss-reactive ketones (excluding diaryl/α,β-unsaturated/α-hetero) is 1. The molecule has 0 aromatic heterocycles. The summed E-state index contributed by atoms with van der Waals surface area (Å²) in [5.41, 5.74) is 0. The van der Waals surface area contributed by atoms with Crippen molar-refractivity contribution in [3.63, 3.8) is 0 Å². The summed E-state index contributed by atoms with van der Waals surface area (Å²) < 4.78 is 0. The Labute approximate surface area is 95.0 Å². The zero-order valence-electron chi connectivity index (χ0n) is 11.0. The SMILES string of the molecule is CCCCCN(C(C)C)C(C)CC(C)=O. The first-order valence-electron chi connectivity index (χ1n) is 6.24. The number of ketones is 1. The molecule has 0 spiro atoms. The zero-order chi connectivity index (χ0) is 11.8. The monoisotopic (exact) mass is 213 g/mol. The van der Waals surface area contributed by atoms with Gasteiger partial charge in [0.15, 0.2) is 0 Å². The fraction of sp³-hybridized carbons (Fsp3) is 0.923. The summed E-state index contributed by atoms with van der Waals surface area (Å²) in [6, 6.07) is 0.926. The van der Waals surface area contributed by atoms with E-state index in [4.69, 9.17) is 0 Å². The van der Waals surface area contributed by atoms with Gasteiger partial charge in [-0.15, -0.1) is 0 Å². The highest BCUT2D eigenvalue weighted by atomic mass is 16.1. The van der Waals surface area contributed by atoms with Crippen LogP contribution in [0.3, 0.4) is 0 Å². The summed E-state index contributed by atoms with van der Waals surface area (Å²) in [6.07, 6.45) is 4.48. The van der Waals surface area contributed by atoms with Crippen LogP contribution in [0, 0.1) is 0 Å². The third kappa shape index (κ3) is 6.67. The predicted molar refractivity (Wildman–Crippen MR) is 66.1 cm³/mol. The summed E-state index contributed by atoms with van der Waals surface area (Å²) in [7, 11) is 0. The number of nitrogens with zero attached hydrogens (tertiary/aromatic N) is 1. The maximum atomic E-state index is 11.1. The first kappa shape index (κ1) is 14.6. The lowest BCUT2D eigenvalue weighted by Gasteiger charge is -2.32. The van der Waals surface area contributed by atoms with Crippen molar-refractivity contribution >= 4 is 5.78 Å². The summed E-state index contributed by atoms with van der Waals surface area (Å²) in [5.74, 6) is 0.295. The van der Waals surface area contributed by atoms with Crippen LogP contribution in [0.25, 0.3) is 0 Å². The van der Waals surface area contributed by atoms with Crippen molar-refractivity contribution in [1.82, 2.24) is 4.90 Å². The van der Waals surface area contributed by atoms with E-state index in [-0.39, 0.29) is 0 Å². The highest BCUT2D eigenvalue weighted by Crippen LogP contribution is 2.11. The molecule has 0 aliphatic carbocycles. The highest BCUT2D eigenvalue weighted by Gasteiger charge is 2.17.